The Balaban J connectivity index is 2.27. The second-order valence-electron chi connectivity index (χ2n) is 7.94. The standard InChI is InChI=1S/C20H24O3/c1-11(2)14-16(21)12-8-10-20(5)13(7-6-9-19(20,3)4)15(12)18(23)17(14)22/h7-8,10-11,21H,6,9H2,1-5H3/t20-/m1/s1. The molecule has 0 unspecified atom stereocenters. The number of hydrogen-bond acceptors (Lipinski definition) is 3. The van der Waals surface area contributed by atoms with Crippen molar-refractivity contribution in [2.24, 2.45) is 16.7 Å². The van der Waals surface area contributed by atoms with E-state index in [-0.39, 0.29) is 28.1 Å². The lowest BCUT2D eigenvalue weighted by atomic mass is 9.54. The Hall–Kier alpha value is -1.90. The van der Waals surface area contributed by atoms with Crippen LogP contribution in [-0.4, -0.2) is 16.7 Å². The van der Waals surface area contributed by atoms with E-state index in [4.69, 9.17) is 0 Å². The van der Waals surface area contributed by atoms with Crippen molar-refractivity contribution in [1.29, 1.82) is 0 Å². The van der Waals surface area contributed by atoms with Crippen LogP contribution in [0.1, 0.15) is 47.5 Å². The lowest BCUT2D eigenvalue weighted by Crippen LogP contribution is -2.43. The molecule has 0 radical (unpaired) electrons. The summed E-state index contributed by atoms with van der Waals surface area (Å²) in [7, 11) is 0. The lowest BCUT2D eigenvalue weighted by Gasteiger charge is -2.49. The summed E-state index contributed by atoms with van der Waals surface area (Å²) in [5.74, 6) is -1.24. The molecule has 3 aliphatic rings. The molecule has 3 aliphatic carbocycles. The van der Waals surface area contributed by atoms with E-state index in [2.05, 4.69) is 32.9 Å². The van der Waals surface area contributed by atoms with E-state index in [9.17, 15) is 14.7 Å². The van der Waals surface area contributed by atoms with Crippen molar-refractivity contribution in [3.8, 4) is 0 Å². The minimum atomic E-state index is -0.557. The van der Waals surface area contributed by atoms with Crippen LogP contribution in [0.3, 0.4) is 0 Å². The first-order valence-corrected chi connectivity index (χ1v) is 8.29. The molecule has 0 aromatic heterocycles. The maximum Gasteiger partial charge on any atom is 0.234 e. The smallest absolute Gasteiger partial charge is 0.234 e. The molecule has 3 heteroatoms. The van der Waals surface area contributed by atoms with E-state index in [0.29, 0.717) is 11.1 Å². The molecule has 1 N–H and O–H groups in total. The van der Waals surface area contributed by atoms with Crippen LogP contribution >= 0.6 is 0 Å². The normalized spacial score (nSPS) is 29.7. The minimum absolute atomic E-state index is 0.00685. The number of carbonyl (C=O) groups is 2. The predicted molar refractivity (Wildman–Crippen MR) is 89.9 cm³/mol. The fraction of sp³-hybridized carbons (Fsp3) is 0.500. The Kier molecular flexibility index (Phi) is 3.33. The van der Waals surface area contributed by atoms with Crippen LogP contribution in [0.5, 0.6) is 0 Å². The zero-order valence-electron chi connectivity index (χ0n) is 14.5. The van der Waals surface area contributed by atoms with E-state index < -0.39 is 11.6 Å². The van der Waals surface area contributed by atoms with Crippen LogP contribution in [0, 0.1) is 16.7 Å². The second-order valence-corrected chi connectivity index (χ2v) is 7.94. The van der Waals surface area contributed by atoms with Gasteiger partial charge in [0.15, 0.2) is 0 Å². The van der Waals surface area contributed by atoms with E-state index in [1.807, 2.05) is 19.9 Å². The molecule has 0 saturated carbocycles. The van der Waals surface area contributed by atoms with Crippen molar-refractivity contribution in [3.05, 3.63) is 46.3 Å². The molecule has 0 amide bonds. The quantitative estimate of drug-likeness (QED) is 0.582. The van der Waals surface area contributed by atoms with E-state index in [1.54, 1.807) is 0 Å². The van der Waals surface area contributed by atoms with Gasteiger partial charge in [-0.15, -0.1) is 0 Å². The topological polar surface area (TPSA) is 54.4 Å². The van der Waals surface area contributed by atoms with Gasteiger partial charge in [-0.2, -0.15) is 0 Å². The molecular weight excluding hydrogens is 288 g/mol. The highest BCUT2D eigenvalue weighted by molar-refractivity contribution is 6.51. The molecule has 0 aliphatic heterocycles. The van der Waals surface area contributed by atoms with Gasteiger partial charge in [0.05, 0.1) is 0 Å². The Morgan fingerprint density at radius 3 is 2.39 bits per heavy atom. The van der Waals surface area contributed by atoms with Crippen LogP contribution in [0.4, 0.5) is 0 Å². The third-order valence-corrected chi connectivity index (χ3v) is 5.97. The van der Waals surface area contributed by atoms with Crippen LogP contribution < -0.4 is 0 Å². The van der Waals surface area contributed by atoms with Gasteiger partial charge in [-0.1, -0.05) is 52.8 Å². The van der Waals surface area contributed by atoms with Crippen molar-refractivity contribution in [2.75, 3.05) is 0 Å². The van der Waals surface area contributed by atoms with E-state index >= 15 is 0 Å². The van der Waals surface area contributed by atoms with E-state index in [0.717, 1.165) is 18.4 Å². The summed E-state index contributed by atoms with van der Waals surface area (Å²) in [5.41, 5.74) is 1.76. The summed E-state index contributed by atoms with van der Waals surface area (Å²) >= 11 is 0. The number of allylic oxidation sites excluding steroid dienone is 6. The molecule has 0 spiro atoms. The molecule has 0 aromatic carbocycles. The first-order valence-electron chi connectivity index (χ1n) is 8.29. The van der Waals surface area contributed by atoms with Crippen molar-refractivity contribution in [1.82, 2.24) is 0 Å². The lowest BCUT2D eigenvalue weighted by molar-refractivity contribution is -0.132. The van der Waals surface area contributed by atoms with Gasteiger partial charge >= 0.3 is 0 Å². The Morgan fingerprint density at radius 2 is 1.78 bits per heavy atom. The Morgan fingerprint density at radius 1 is 1.13 bits per heavy atom. The highest BCUT2D eigenvalue weighted by Crippen LogP contribution is 2.57. The Bertz CT molecular complexity index is 741. The number of carbonyl (C=O) groups excluding carboxylic acids is 2. The minimum Gasteiger partial charge on any atom is -0.507 e. The number of rotatable bonds is 1. The molecule has 0 bridgehead atoms. The average Bonchev–Trinajstić information content (AvgIpc) is 2.45. The zero-order chi connectivity index (χ0) is 17.2. The summed E-state index contributed by atoms with van der Waals surface area (Å²) < 4.78 is 0. The highest BCUT2D eigenvalue weighted by Gasteiger charge is 2.50. The third kappa shape index (κ3) is 1.95. The monoisotopic (exact) mass is 312 g/mol. The number of ketones is 2. The fourth-order valence-electron chi connectivity index (χ4n) is 4.04. The van der Waals surface area contributed by atoms with Gasteiger partial charge < -0.3 is 5.11 Å². The number of aliphatic hydroxyl groups is 1. The number of hydrogen-bond donors (Lipinski definition) is 1. The average molecular weight is 312 g/mol. The first-order chi connectivity index (χ1) is 10.6. The second kappa shape index (κ2) is 4.80. The number of Topliss-reactive ketones (excluding diaryl/α,β-unsaturated/α-hetero) is 2. The van der Waals surface area contributed by atoms with Crippen molar-refractivity contribution in [2.45, 2.75) is 47.5 Å². The number of fused-ring (bicyclic) bond motifs is 2. The Labute approximate surface area is 137 Å². The van der Waals surface area contributed by atoms with Crippen LogP contribution in [-0.2, 0) is 9.59 Å². The molecule has 1 atom stereocenters. The van der Waals surface area contributed by atoms with Gasteiger partial charge in [-0.25, -0.2) is 0 Å². The maximum absolute atomic E-state index is 12.8. The summed E-state index contributed by atoms with van der Waals surface area (Å²) in [6.45, 7) is 10.2. The number of aliphatic hydroxyl groups excluding tert-OH is 1. The molecule has 0 heterocycles. The molecule has 3 nitrogen and oxygen atoms in total. The summed E-state index contributed by atoms with van der Waals surface area (Å²) in [5, 5.41) is 10.6. The predicted octanol–water partition coefficient (Wildman–Crippen LogP) is 4.23. The molecule has 23 heavy (non-hydrogen) atoms. The van der Waals surface area contributed by atoms with Crippen LogP contribution in [0.25, 0.3) is 0 Å². The summed E-state index contributed by atoms with van der Waals surface area (Å²) in [6, 6.07) is 0. The molecule has 122 valence electrons. The van der Waals surface area contributed by atoms with Crippen LogP contribution in [0.2, 0.25) is 0 Å². The molecule has 0 fully saturated rings. The summed E-state index contributed by atoms with van der Waals surface area (Å²) in [4.78, 5) is 25.3. The molecule has 0 saturated heterocycles. The third-order valence-electron chi connectivity index (χ3n) is 5.97. The van der Waals surface area contributed by atoms with Gasteiger partial charge in [-0.05, 0) is 29.7 Å². The maximum atomic E-state index is 12.8. The van der Waals surface area contributed by atoms with Gasteiger partial charge in [0.2, 0.25) is 11.6 Å². The first kappa shape index (κ1) is 16.0. The SMILES string of the molecule is CC(C)C1=C(O)C2=C(C(=O)C1=O)C1=CCCC(C)(C)[C@]1(C)C=C2. The fourth-order valence-corrected chi connectivity index (χ4v) is 4.04. The molecular formula is C20H24O3. The zero-order valence-corrected chi connectivity index (χ0v) is 14.5. The van der Waals surface area contributed by atoms with Crippen LogP contribution in [0.15, 0.2) is 46.3 Å². The summed E-state index contributed by atoms with van der Waals surface area (Å²) in [6.07, 6.45) is 7.91. The van der Waals surface area contributed by atoms with Gasteiger partial charge in [0, 0.05) is 22.1 Å². The highest BCUT2D eigenvalue weighted by atomic mass is 16.3. The largest absolute Gasteiger partial charge is 0.507 e. The molecule has 3 rings (SSSR count). The molecule has 0 aromatic rings. The van der Waals surface area contributed by atoms with E-state index in [1.165, 1.54) is 0 Å². The van der Waals surface area contributed by atoms with Gasteiger partial charge in [-0.3, -0.25) is 9.59 Å². The van der Waals surface area contributed by atoms with Crippen molar-refractivity contribution in [3.63, 3.8) is 0 Å². The van der Waals surface area contributed by atoms with Crippen molar-refractivity contribution >= 4 is 11.6 Å². The van der Waals surface area contributed by atoms with Gasteiger partial charge in [0.1, 0.15) is 5.76 Å². The van der Waals surface area contributed by atoms with Crippen molar-refractivity contribution < 1.29 is 14.7 Å². The van der Waals surface area contributed by atoms with Gasteiger partial charge in [0.25, 0.3) is 0 Å².